The van der Waals surface area contributed by atoms with Gasteiger partial charge in [-0.1, -0.05) is 41.5 Å². The van der Waals surface area contributed by atoms with Gasteiger partial charge in [0.2, 0.25) is 14.1 Å². The molecule has 2 fully saturated rings. The monoisotopic (exact) mass is 603 g/mol. The van der Waals surface area contributed by atoms with Crippen molar-refractivity contribution in [3.8, 4) is 0 Å². The highest BCUT2D eigenvalue weighted by Crippen LogP contribution is 2.62. The third-order valence-corrected chi connectivity index (χ3v) is 16.1. The molecule has 2 bridgehead atoms. The van der Waals surface area contributed by atoms with Gasteiger partial charge >= 0.3 is 11.9 Å². The lowest BCUT2D eigenvalue weighted by Crippen LogP contribution is -2.59. The Kier molecular flexibility index (Phi) is 9.02. The summed E-state index contributed by atoms with van der Waals surface area (Å²) in [6.07, 6.45) is 1.21. The van der Waals surface area contributed by atoms with E-state index in [0.29, 0.717) is 4.48 Å². The van der Waals surface area contributed by atoms with Crippen molar-refractivity contribution in [2.75, 3.05) is 27.9 Å². The number of methoxy groups -OCH3 is 3. The maximum atomic E-state index is 13.4. The summed E-state index contributed by atoms with van der Waals surface area (Å²) in [6, 6.07) is 0.0669. The average Bonchev–Trinajstić information content (AvgIpc) is 3.52. The number of carbonyl (C=O) groups is 2. The molecule has 0 aromatic heterocycles. The second-order valence-electron chi connectivity index (χ2n) is 12.0. The van der Waals surface area contributed by atoms with Crippen LogP contribution < -0.4 is 0 Å². The molecule has 0 radical (unpaired) electrons. The highest BCUT2D eigenvalue weighted by atomic mass is 79.9. The van der Waals surface area contributed by atoms with Gasteiger partial charge in [0.05, 0.1) is 36.0 Å². The fourth-order valence-electron chi connectivity index (χ4n) is 7.24. The number of nitrogens with zero attached hydrogens (tertiary/aromatic N) is 1. The van der Waals surface area contributed by atoms with Crippen molar-refractivity contribution >= 4 is 36.2 Å². The molecule has 3 aliphatic heterocycles. The van der Waals surface area contributed by atoms with Crippen molar-refractivity contribution in [2.24, 2.45) is 11.8 Å². The van der Waals surface area contributed by atoms with Crippen LogP contribution in [0.5, 0.6) is 0 Å². The molecular formula is C27H46BrNO7Si. The largest absolute Gasteiger partial charge is 0.469 e. The highest BCUT2D eigenvalue weighted by Gasteiger charge is 2.73. The summed E-state index contributed by atoms with van der Waals surface area (Å²) in [5, 5.41) is 0. The molecule has 212 valence electrons. The molecule has 5 atom stereocenters. The first-order valence-corrected chi connectivity index (χ1v) is 16.4. The van der Waals surface area contributed by atoms with Crippen LogP contribution >= 0.6 is 15.9 Å². The van der Waals surface area contributed by atoms with E-state index in [1.807, 2.05) is 0 Å². The fraction of sp³-hybridized carbons (Fsp3) is 0.852. The van der Waals surface area contributed by atoms with Crippen LogP contribution in [0.2, 0.25) is 16.6 Å². The molecule has 0 spiro atoms. The second kappa shape index (κ2) is 10.9. The number of likely N-dealkylation sites (tertiary alicyclic amines) is 1. The molecule has 3 aliphatic rings. The Hall–Kier alpha value is -0.943. The lowest BCUT2D eigenvalue weighted by Gasteiger charge is -2.49. The Balaban J connectivity index is 2.29. The molecule has 0 N–H and O–H groups in total. The topological polar surface area (TPSA) is 83.5 Å². The number of hydrogen-bond acceptors (Lipinski definition) is 8. The van der Waals surface area contributed by atoms with E-state index in [1.54, 1.807) is 7.11 Å². The summed E-state index contributed by atoms with van der Waals surface area (Å²) in [5.41, 5.74) is 1.12. The van der Waals surface area contributed by atoms with E-state index >= 15 is 0 Å². The van der Waals surface area contributed by atoms with Gasteiger partial charge in [0, 0.05) is 13.7 Å². The average molecular weight is 605 g/mol. The minimum atomic E-state index is -2.60. The lowest BCUT2D eigenvalue weighted by molar-refractivity contribution is -0.177. The van der Waals surface area contributed by atoms with E-state index < -0.39 is 49.6 Å². The van der Waals surface area contributed by atoms with Crippen LogP contribution in [0.25, 0.3) is 0 Å². The van der Waals surface area contributed by atoms with E-state index in [1.165, 1.54) is 14.2 Å². The SMILES string of the molecule is COC(=O)[C@@H]1[C@@H]2O[C@@](O[Si](C(C)C)(C(C)C)C(C)C)(C(Br)=C2N2CCC[C@H]2C(C)(C)OC)[C@H]1C(=O)OC. The second-order valence-corrected chi connectivity index (χ2v) is 18.2. The van der Waals surface area contributed by atoms with Crippen molar-refractivity contribution in [1.82, 2.24) is 4.90 Å². The molecule has 0 amide bonds. The standard InChI is InChI=1S/C27H46BrNO7Si/c1-15(2)37(16(3)4,17(5)6)36-27-20(25(31)33-10)19(24(30)32-9)22(35-27)21(23(27)28)29-14-12-13-18(29)26(7,8)34-11/h15-20,22H,12-14H2,1-11H3/t18-,19-,20+,22-,27-/m0/s1. The van der Waals surface area contributed by atoms with Crippen molar-refractivity contribution in [3.05, 3.63) is 10.2 Å². The molecule has 3 rings (SSSR count). The van der Waals surface area contributed by atoms with Crippen molar-refractivity contribution in [1.29, 1.82) is 0 Å². The Labute approximate surface area is 232 Å². The maximum Gasteiger partial charge on any atom is 0.315 e. The summed E-state index contributed by atoms with van der Waals surface area (Å²) < 4.78 is 31.2. The van der Waals surface area contributed by atoms with E-state index in [9.17, 15) is 9.59 Å². The summed E-state index contributed by atoms with van der Waals surface area (Å²) in [5.74, 6) is -4.40. The van der Waals surface area contributed by atoms with Crippen LogP contribution in [-0.2, 0) is 33.0 Å². The molecule has 8 nitrogen and oxygen atoms in total. The number of hydrogen-bond donors (Lipinski definition) is 0. The van der Waals surface area contributed by atoms with E-state index in [0.717, 1.165) is 25.1 Å². The van der Waals surface area contributed by atoms with E-state index in [-0.39, 0.29) is 22.7 Å². The fourth-order valence-corrected chi connectivity index (χ4v) is 13.8. The minimum absolute atomic E-state index is 0.0669. The van der Waals surface area contributed by atoms with Crippen LogP contribution in [0.3, 0.4) is 0 Å². The van der Waals surface area contributed by atoms with Gasteiger partial charge in [-0.15, -0.1) is 0 Å². The molecule has 0 aromatic carbocycles. The Morgan fingerprint density at radius 1 is 1.03 bits per heavy atom. The zero-order valence-corrected chi connectivity index (χ0v) is 26.9. The first kappa shape index (κ1) is 30.6. The number of fused-ring (bicyclic) bond motifs is 2. The number of carbonyl (C=O) groups excluding carboxylic acids is 2. The molecular weight excluding hydrogens is 558 g/mol. The van der Waals surface area contributed by atoms with Crippen LogP contribution in [0.4, 0.5) is 0 Å². The van der Waals surface area contributed by atoms with Gasteiger partial charge in [-0.05, 0) is 59.2 Å². The summed E-state index contributed by atoms with van der Waals surface area (Å²) >= 11 is 3.89. The van der Waals surface area contributed by atoms with Gasteiger partial charge in [0.25, 0.3) is 0 Å². The van der Waals surface area contributed by atoms with Crippen LogP contribution in [0.15, 0.2) is 10.2 Å². The quantitative estimate of drug-likeness (QED) is 0.244. The van der Waals surface area contributed by atoms with Gasteiger partial charge < -0.3 is 28.3 Å². The van der Waals surface area contributed by atoms with Crippen molar-refractivity contribution < 1.29 is 33.0 Å². The normalized spacial score (nSPS) is 30.3. The first-order valence-electron chi connectivity index (χ1n) is 13.4. The molecule has 0 saturated carbocycles. The Morgan fingerprint density at radius 2 is 1.57 bits per heavy atom. The van der Waals surface area contributed by atoms with Crippen LogP contribution in [0.1, 0.15) is 68.2 Å². The third kappa shape index (κ3) is 4.62. The van der Waals surface area contributed by atoms with Gasteiger partial charge in [0.15, 0.2) is 0 Å². The summed E-state index contributed by atoms with van der Waals surface area (Å²) in [6.45, 7) is 18.1. The van der Waals surface area contributed by atoms with Gasteiger partial charge in [-0.2, -0.15) is 0 Å². The number of halogens is 1. The molecule has 10 heteroatoms. The summed E-state index contributed by atoms with van der Waals surface area (Å²) in [7, 11) is 1.81. The van der Waals surface area contributed by atoms with Gasteiger partial charge in [0.1, 0.15) is 17.9 Å². The zero-order chi connectivity index (χ0) is 28.1. The van der Waals surface area contributed by atoms with Gasteiger partial charge in [-0.3, -0.25) is 9.59 Å². The van der Waals surface area contributed by atoms with Crippen LogP contribution in [-0.4, -0.2) is 76.6 Å². The zero-order valence-electron chi connectivity index (χ0n) is 24.3. The molecule has 0 aromatic rings. The van der Waals surface area contributed by atoms with Crippen molar-refractivity contribution in [3.63, 3.8) is 0 Å². The molecule has 37 heavy (non-hydrogen) atoms. The van der Waals surface area contributed by atoms with Crippen molar-refractivity contribution in [2.45, 2.75) is 108 Å². The number of rotatable bonds is 10. The minimum Gasteiger partial charge on any atom is -0.469 e. The molecule has 3 heterocycles. The number of esters is 2. The smallest absolute Gasteiger partial charge is 0.315 e. The van der Waals surface area contributed by atoms with E-state index in [2.05, 4.69) is 76.2 Å². The van der Waals surface area contributed by atoms with E-state index in [4.69, 9.17) is 23.4 Å². The summed E-state index contributed by atoms with van der Waals surface area (Å²) in [4.78, 5) is 29.0. The Morgan fingerprint density at radius 3 is 2.03 bits per heavy atom. The predicted molar refractivity (Wildman–Crippen MR) is 148 cm³/mol. The number of ether oxygens (including phenoxy) is 4. The molecule has 0 unspecified atom stereocenters. The molecule has 0 aliphatic carbocycles. The highest BCUT2D eigenvalue weighted by molar-refractivity contribution is 9.11. The molecule has 2 saturated heterocycles. The lowest BCUT2D eigenvalue weighted by atomic mass is 9.78. The van der Waals surface area contributed by atoms with Crippen LogP contribution in [0, 0.1) is 11.8 Å². The predicted octanol–water partition coefficient (Wildman–Crippen LogP) is 5.36. The Bertz CT molecular complexity index is 899. The third-order valence-electron chi connectivity index (χ3n) is 9.05. The van der Waals surface area contributed by atoms with Gasteiger partial charge in [-0.25, -0.2) is 0 Å². The maximum absolute atomic E-state index is 13.4. The first-order chi connectivity index (χ1) is 17.2.